The lowest BCUT2D eigenvalue weighted by Crippen LogP contribution is -2.43. The van der Waals surface area contributed by atoms with Crippen LogP contribution < -0.4 is 10.6 Å². The van der Waals surface area contributed by atoms with Crippen LogP contribution in [0.2, 0.25) is 0 Å². The number of benzene rings is 1. The number of hydrogen-bond acceptors (Lipinski definition) is 4. The third-order valence-electron chi connectivity index (χ3n) is 3.25. The van der Waals surface area contributed by atoms with Crippen LogP contribution in [0.4, 0.5) is 0 Å². The number of hydrogen-bond donors (Lipinski definition) is 4. The topological polar surface area (TPSA) is 81.6 Å². The van der Waals surface area contributed by atoms with Gasteiger partial charge in [0.1, 0.15) is 0 Å². The molecule has 0 radical (unpaired) electrons. The van der Waals surface area contributed by atoms with E-state index in [1.54, 1.807) is 0 Å². The van der Waals surface area contributed by atoms with Crippen LogP contribution in [-0.4, -0.2) is 47.5 Å². The van der Waals surface area contributed by atoms with Crippen molar-refractivity contribution in [1.29, 1.82) is 0 Å². The summed E-state index contributed by atoms with van der Waals surface area (Å²) in [5, 5.41) is 24.8. The van der Waals surface area contributed by atoms with E-state index >= 15 is 0 Å². The van der Waals surface area contributed by atoms with E-state index in [1.165, 1.54) is 0 Å². The first-order chi connectivity index (χ1) is 9.15. The number of aliphatic hydroxyl groups is 2. The molecule has 1 aliphatic rings. The van der Waals surface area contributed by atoms with E-state index in [9.17, 15) is 15.0 Å². The fraction of sp³-hybridized carbons (Fsp3) is 0.500. The van der Waals surface area contributed by atoms with Gasteiger partial charge in [0, 0.05) is 19.5 Å². The van der Waals surface area contributed by atoms with Crippen LogP contribution in [0.15, 0.2) is 30.3 Å². The number of carbonyl (C=O) groups excluding carboxylic acids is 1. The first-order valence-corrected chi connectivity index (χ1v) is 6.56. The summed E-state index contributed by atoms with van der Waals surface area (Å²) >= 11 is 0. The van der Waals surface area contributed by atoms with Crippen molar-refractivity contribution in [3.63, 3.8) is 0 Å². The van der Waals surface area contributed by atoms with Gasteiger partial charge in [0.25, 0.3) is 0 Å². The predicted octanol–water partition coefficient (Wildman–Crippen LogP) is -0.571. The SMILES string of the molecule is O=C(NC[C@H](O)Cc1ccccc1)[C@H]1C[C@@H](O)CN1. The second kappa shape index (κ2) is 6.65. The van der Waals surface area contributed by atoms with E-state index in [0.29, 0.717) is 19.4 Å². The minimum absolute atomic E-state index is 0.163. The summed E-state index contributed by atoms with van der Waals surface area (Å²) in [4.78, 5) is 11.8. The summed E-state index contributed by atoms with van der Waals surface area (Å²) in [5.41, 5.74) is 1.04. The molecule has 0 aromatic heterocycles. The van der Waals surface area contributed by atoms with Crippen molar-refractivity contribution in [1.82, 2.24) is 10.6 Å². The Balaban J connectivity index is 1.71. The molecule has 0 spiro atoms. The van der Waals surface area contributed by atoms with Crippen molar-refractivity contribution in [3.8, 4) is 0 Å². The molecule has 19 heavy (non-hydrogen) atoms. The first kappa shape index (κ1) is 14.0. The number of carbonyl (C=O) groups is 1. The summed E-state index contributed by atoms with van der Waals surface area (Å²) in [5.74, 6) is -0.163. The summed E-state index contributed by atoms with van der Waals surface area (Å²) in [7, 11) is 0. The number of rotatable bonds is 5. The lowest BCUT2D eigenvalue weighted by molar-refractivity contribution is -0.123. The van der Waals surface area contributed by atoms with Gasteiger partial charge < -0.3 is 20.8 Å². The summed E-state index contributed by atoms with van der Waals surface area (Å²) < 4.78 is 0. The lowest BCUT2D eigenvalue weighted by atomic mass is 10.1. The van der Waals surface area contributed by atoms with Gasteiger partial charge >= 0.3 is 0 Å². The van der Waals surface area contributed by atoms with Crippen molar-refractivity contribution < 1.29 is 15.0 Å². The predicted molar refractivity (Wildman–Crippen MR) is 71.6 cm³/mol. The minimum atomic E-state index is -0.599. The molecule has 5 nitrogen and oxygen atoms in total. The standard InChI is InChI=1S/C14H20N2O3/c17-11(6-10-4-2-1-3-5-10)9-16-14(19)13-7-12(18)8-15-13/h1-5,11-13,15,17-18H,6-9H2,(H,16,19)/t11-,12-,13-/m1/s1. The van der Waals surface area contributed by atoms with Crippen LogP contribution in [0.1, 0.15) is 12.0 Å². The maximum Gasteiger partial charge on any atom is 0.237 e. The zero-order valence-corrected chi connectivity index (χ0v) is 10.7. The van der Waals surface area contributed by atoms with Gasteiger partial charge in [0.05, 0.1) is 18.2 Å². The Morgan fingerprint density at radius 2 is 2.16 bits per heavy atom. The first-order valence-electron chi connectivity index (χ1n) is 6.56. The highest BCUT2D eigenvalue weighted by atomic mass is 16.3. The molecular weight excluding hydrogens is 244 g/mol. The molecule has 1 fully saturated rings. The molecule has 2 rings (SSSR count). The number of aliphatic hydroxyl groups excluding tert-OH is 2. The van der Waals surface area contributed by atoms with E-state index in [-0.39, 0.29) is 18.5 Å². The van der Waals surface area contributed by atoms with Gasteiger partial charge in [-0.2, -0.15) is 0 Å². The molecule has 1 heterocycles. The number of nitrogens with one attached hydrogen (secondary N) is 2. The smallest absolute Gasteiger partial charge is 0.237 e. The molecule has 3 atom stereocenters. The molecule has 1 saturated heterocycles. The van der Waals surface area contributed by atoms with Crippen molar-refractivity contribution in [2.75, 3.05) is 13.1 Å². The summed E-state index contributed by atoms with van der Waals surface area (Å²) in [6, 6.07) is 9.31. The molecule has 4 N–H and O–H groups in total. The average Bonchev–Trinajstić information content (AvgIpc) is 2.84. The average molecular weight is 264 g/mol. The summed E-state index contributed by atoms with van der Waals surface area (Å²) in [6.45, 7) is 0.673. The monoisotopic (exact) mass is 264 g/mol. The molecule has 1 aromatic rings. The third kappa shape index (κ3) is 4.31. The molecule has 5 heteroatoms. The van der Waals surface area contributed by atoms with Gasteiger partial charge in [-0.05, 0) is 12.0 Å². The van der Waals surface area contributed by atoms with E-state index < -0.39 is 12.2 Å². The van der Waals surface area contributed by atoms with E-state index in [1.807, 2.05) is 30.3 Å². The van der Waals surface area contributed by atoms with Crippen molar-refractivity contribution in [2.24, 2.45) is 0 Å². The highest BCUT2D eigenvalue weighted by molar-refractivity contribution is 5.82. The van der Waals surface area contributed by atoms with E-state index in [0.717, 1.165) is 5.56 Å². The Hall–Kier alpha value is -1.43. The van der Waals surface area contributed by atoms with Crippen LogP contribution in [-0.2, 0) is 11.2 Å². The lowest BCUT2D eigenvalue weighted by Gasteiger charge is -2.14. The number of β-amino-alcohol motifs (C(OH)–C–C–N with tert-alkyl or cyclic N) is 1. The fourth-order valence-electron chi connectivity index (χ4n) is 2.22. The minimum Gasteiger partial charge on any atom is -0.392 e. The van der Waals surface area contributed by atoms with Gasteiger partial charge in [-0.3, -0.25) is 4.79 Å². The normalized spacial score (nSPS) is 24.1. The van der Waals surface area contributed by atoms with Crippen LogP contribution in [0.5, 0.6) is 0 Å². The van der Waals surface area contributed by atoms with Crippen LogP contribution in [0.25, 0.3) is 0 Å². The molecular formula is C14H20N2O3. The Kier molecular flexibility index (Phi) is 4.90. The maximum absolute atomic E-state index is 11.8. The maximum atomic E-state index is 11.8. The zero-order valence-electron chi connectivity index (χ0n) is 10.7. The Morgan fingerprint density at radius 1 is 1.42 bits per heavy atom. The van der Waals surface area contributed by atoms with Crippen molar-refractivity contribution >= 4 is 5.91 Å². The zero-order chi connectivity index (χ0) is 13.7. The third-order valence-corrected chi connectivity index (χ3v) is 3.25. The number of amides is 1. The largest absolute Gasteiger partial charge is 0.392 e. The Morgan fingerprint density at radius 3 is 2.79 bits per heavy atom. The molecule has 0 aliphatic carbocycles. The second-order valence-corrected chi connectivity index (χ2v) is 4.94. The molecule has 0 bridgehead atoms. The Bertz CT molecular complexity index is 410. The quantitative estimate of drug-likeness (QED) is 0.574. The van der Waals surface area contributed by atoms with Gasteiger partial charge in [-0.25, -0.2) is 0 Å². The van der Waals surface area contributed by atoms with Gasteiger partial charge in [0.2, 0.25) is 5.91 Å². The van der Waals surface area contributed by atoms with Crippen molar-refractivity contribution in [2.45, 2.75) is 31.1 Å². The van der Waals surface area contributed by atoms with Crippen LogP contribution in [0.3, 0.4) is 0 Å². The van der Waals surface area contributed by atoms with Crippen molar-refractivity contribution in [3.05, 3.63) is 35.9 Å². The molecule has 1 aromatic carbocycles. The second-order valence-electron chi connectivity index (χ2n) is 4.94. The van der Waals surface area contributed by atoms with E-state index in [2.05, 4.69) is 10.6 Å². The molecule has 0 saturated carbocycles. The van der Waals surface area contributed by atoms with Gasteiger partial charge in [-0.1, -0.05) is 30.3 Å². The highest BCUT2D eigenvalue weighted by Crippen LogP contribution is 2.06. The summed E-state index contributed by atoms with van der Waals surface area (Å²) in [6.07, 6.45) is -0.106. The van der Waals surface area contributed by atoms with Gasteiger partial charge in [-0.15, -0.1) is 0 Å². The van der Waals surface area contributed by atoms with E-state index in [4.69, 9.17) is 0 Å². The molecule has 1 aliphatic heterocycles. The molecule has 1 amide bonds. The van der Waals surface area contributed by atoms with Gasteiger partial charge in [0.15, 0.2) is 0 Å². The molecule has 0 unspecified atom stereocenters. The Labute approximate surface area is 112 Å². The fourth-order valence-corrected chi connectivity index (χ4v) is 2.22. The van der Waals surface area contributed by atoms with Crippen LogP contribution in [0, 0.1) is 0 Å². The van der Waals surface area contributed by atoms with Crippen LogP contribution >= 0.6 is 0 Å². The molecule has 104 valence electrons. The highest BCUT2D eigenvalue weighted by Gasteiger charge is 2.27.